The van der Waals surface area contributed by atoms with E-state index in [1.807, 2.05) is 37.3 Å². The molecule has 2 aromatic rings. The normalized spacial score (nSPS) is 12.2. The van der Waals surface area contributed by atoms with Gasteiger partial charge in [-0.15, -0.1) is 0 Å². The maximum absolute atomic E-state index is 5.98. The highest BCUT2D eigenvalue weighted by Gasteiger charge is 2.17. The third-order valence-electron chi connectivity index (χ3n) is 3.36. The number of benzene rings is 1. The summed E-state index contributed by atoms with van der Waals surface area (Å²) in [5.41, 5.74) is 11.9. The van der Waals surface area contributed by atoms with Crippen LogP contribution in [0.3, 0.4) is 0 Å². The van der Waals surface area contributed by atoms with Gasteiger partial charge in [-0.1, -0.05) is 12.1 Å². The summed E-state index contributed by atoms with van der Waals surface area (Å²) in [5, 5.41) is 0. The first kappa shape index (κ1) is 14.3. The molecule has 5 heteroatoms. The van der Waals surface area contributed by atoms with Gasteiger partial charge in [0.15, 0.2) is 0 Å². The fourth-order valence-electron chi connectivity index (χ4n) is 2.32. The minimum absolute atomic E-state index is 0.0872. The van der Waals surface area contributed by atoms with E-state index in [4.69, 9.17) is 16.3 Å². The molecule has 2 rings (SSSR count). The minimum Gasteiger partial charge on any atom is -0.497 e. The van der Waals surface area contributed by atoms with Gasteiger partial charge in [-0.3, -0.25) is 11.3 Å². The number of pyridine rings is 1. The van der Waals surface area contributed by atoms with Crippen LogP contribution >= 0.6 is 0 Å². The lowest BCUT2D eigenvalue weighted by Gasteiger charge is -2.20. The van der Waals surface area contributed by atoms with Crippen LogP contribution in [0.15, 0.2) is 36.5 Å². The molecule has 0 aliphatic rings. The van der Waals surface area contributed by atoms with Crippen LogP contribution in [0.4, 0.5) is 5.82 Å². The zero-order valence-corrected chi connectivity index (χ0v) is 11.8. The van der Waals surface area contributed by atoms with Gasteiger partial charge < -0.3 is 10.5 Å². The Balaban J connectivity index is 2.29. The number of hydrazine groups is 1. The number of aryl methyl sites for hydroxylation is 1. The average Bonchev–Trinajstić information content (AvgIpc) is 2.46. The molecule has 0 spiro atoms. The fraction of sp³-hybridized carbons (Fsp3) is 0.267. The Hall–Kier alpha value is -2.11. The van der Waals surface area contributed by atoms with Gasteiger partial charge in [-0.2, -0.15) is 0 Å². The maximum Gasteiger partial charge on any atom is 0.128 e. The van der Waals surface area contributed by atoms with Gasteiger partial charge in [-0.25, -0.2) is 4.98 Å². The van der Waals surface area contributed by atoms with E-state index in [2.05, 4.69) is 10.4 Å². The van der Waals surface area contributed by atoms with Crippen molar-refractivity contribution in [2.75, 3.05) is 12.8 Å². The standard InChI is InChI=1S/C15H20N4O/c1-10-6-7-18-15(16)14(10)13(19-17)9-11-4-3-5-12(8-11)20-2/h3-8,13,19H,9,17H2,1-2H3,(H2,16,18). The Morgan fingerprint density at radius 2 is 2.15 bits per heavy atom. The Labute approximate surface area is 118 Å². The highest BCUT2D eigenvalue weighted by molar-refractivity contribution is 5.46. The Kier molecular flexibility index (Phi) is 4.55. The number of hydrogen-bond donors (Lipinski definition) is 3. The molecule has 20 heavy (non-hydrogen) atoms. The number of hydrogen-bond acceptors (Lipinski definition) is 5. The van der Waals surface area contributed by atoms with Gasteiger partial charge in [0.05, 0.1) is 13.2 Å². The van der Waals surface area contributed by atoms with Gasteiger partial charge in [0.25, 0.3) is 0 Å². The maximum atomic E-state index is 5.98. The van der Waals surface area contributed by atoms with E-state index < -0.39 is 0 Å². The minimum atomic E-state index is -0.0872. The number of anilines is 1. The number of methoxy groups -OCH3 is 1. The van der Waals surface area contributed by atoms with Crippen LogP contribution in [0.25, 0.3) is 0 Å². The Morgan fingerprint density at radius 3 is 2.80 bits per heavy atom. The SMILES string of the molecule is COc1cccc(CC(NN)c2c(C)ccnc2N)c1. The highest BCUT2D eigenvalue weighted by atomic mass is 16.5. The molecule has 1 aromatic carbocycles. The summed E-state index contributed by atoms with van der Waals surface area (Å²) in [6, 6.07) is 9.75. The zero-order chi connectivity index (χ0) is 14.5. The molecule has 1 atom stereocenters. The number of nitrogens with two attached hydrogens (primary N) is 2. The summed E-state index contributed by atoms with van der Waals surface area (Å²) in [6.45, 7) is 2.00. The van der Waals surface area contributed by atoms with E-state index >= 15 is 0 Å². The number of aromatic nitrogens is 1. The smallest absolute Gasteiger partial charge is 0.128 e. The number of rotatable bonds is 5. The van der Waals surface area contributed by atoms with E-state index in [1.54, 1.807) is 13.3 Å². The van der Waals surface area contributed by atoms with Crippen LogP contribution in [-0.2, 0) is 6.42 Å². The Morgan fingerprint density at radius 1 is 1.35 bits per heavy atom. The largest absolute Gasteiger partial charge is 0.497 e. The van der Waals surface area contributed by atoms with Gasteiger partial charge in [0, 0.05) is 11.8 Å². The van der Waals surface area contributed by atoms with Crippen molar-refractivity contribution in [3.05, 3.63) is 53.2 Å². The Bertz CT molecular complexity index is 566. The first-order chi connectivity index (χ1) is 9.65. The molecule has 1 heterocycles. The quantitative estimate of drug-likeness (QED) is 0.570. The third kappa shape index (κ3) is 3.07. The lowest BCUT2D eigenvalue weighted by molar-refractivity contribution is 0.414. The summed E-state index contributed by atoms with van der Waals surface area (Å²) >= 11 is 0. The van der Waals surface area contributed by atoms with Crippen molar-refractivity contribution < 1.29 is 4.74 Å². The molecule has 0 radical (unpaired) electrons. The van der Waals surface area contributed by atoms with Crippen molar-refractivity contribution in [3.8, 4) is 5.75 Å². The highest BCUT2D eigenvalue weighted by Crippen LogP contribution is 2.26. The molecule has 1 unspecified atom stereocenters. The van der Waals surface area contributed by atoms with E-state index in [9.17, 15) is 0 Å². The van der Waals surface area contributed by atoms with E-state index in [1.165, 1.54) is 0 Å². The first-order valence-corrected chi connectivity index (χ1v) is 6.45. The van der Waals surface area contributed by atoms with Gasteiger partial charge in [0.1, 0.15) is 11.6 Å². The molecule has 0 aliphatic heterocycles. The predicted octanol–water partition coefficient (Wildman–Crippen LogP) is 1.73. The van der Waals surface area contributed by atoms with Crippen molar-refractivity contribution in [1.82, 2.24) is 10.4 Å². The molecule has 0 bridgehead atoms. The van der Waals surface area contributed by atoms with Gasteiger partial charge >= 0.3 is 0 Å². The number of ether oxygens (including phenoxy) is 1. The van der Waals surface area contributed by atoms with E-state index in [0.717, 1.165) is 22.4 Å². The van der Waals surface area contributed by atoms with Crippen LogP contribution in [0.1, 0.15) is 22.7 Å². The lowest BCUT2D eigenvalue weighted by Crippen LogP contribution is -2.31. The number of nitrogens with one attached hydrogen (secondary N) is 1. The molecule has 5 N–H and O–H groups in total. The van der Waals surface area contributed by atoms with E-state index in [0.29, 0.717) is 12.2 Å². The van der Waals surface area contributed by atoms with Gasteiger partial charge in [-0.05, 0) is 42.7 Å². The second kappa shape index (κ2) is 6.36. The molecular formula is C15H20N4O. The van der Waals surface area contributed by atoms with Crippen LogP contribution in [-0.4, -0.2) is 12.1 Å². The van der Waals surface area contributed by atoms with Crippen molar-refractivity contribution in [1.29, 1.82) is 0 Å². The van der Waals surface area contributed by atoms with Crippen LogP contribution in [0.2, 0.25) is 0 Å². The monoisotopic (exact) mass is 272 g/mol. The topological polar surface area (TPSA) is 86.2 Å². The summed E-state index contributed by atoms with van der Waals surface area (Å²) in [7, 11) is 1.65. The third-order valence-corrected chi connectivity index (χ3v) is 3.36. The van der Waals surface area contributed by atoms with Crippen LogP contribution in [0.5, 0.6) is 5.75 Å². The number of nitrogen functional groups attached to an aromatic ring is 1. The van der Waals surface area contributed by atoms with Crippen molar-refractivity contribution >= 4 is 5.82 Å². The summed E-state index contributed by atoms with van der Waals surface area (Å²) in [5.74, 6) is 7.03. The molecular weight excluding hydrogens is 252 g/mol. The molecule has 0 saturated carbocycles. The van der Waals surface area contributed by atoms with Crippen molar-refractivity contribution in [2.45, 2.75) is 19.4 Å². The lowest BCUT2D eigenvalue weighted by atomic mass is 9.96. The summed E-state index contributed by atoms with van der Waals surface area (Å²) in [6.07, 6.45) is 2.41. The molecule has 106 valence electrons. The molecule has 1 aromatic heterocycles. The van der Waals surface area contributed by atoms with Crippen LogP contribution < -0.4 is 21.7 Å². The summed E-state index contributed by atoms with van der Waals surface area (Å²) in [4.78, 5) is 4.14. The molecule has 0 fully saturated rings. The molecule has 0 aliphatic carbocycles. The van der Waals surface area contributed by atoms with Gasteiger partial charge in [0.2, 0.25) is 0 Å². The second-order valence-electron chi connectivity index (χ2n) is 4.70. The molecule has 0 amide bonds. The number of nitrogens with zero attached hydrogens (tertiary/aromatic N) is 1. The van der Waals surface area contributed by atoms with Crippen molar-refractivity contribution in [2.24, 2.45) is 5.84 Å². The first-order valence-electron chi connectivity index (χ1n) is 6.45. The second-order valence-corrected chi connectivity index (χ2v) is 4.70. The summed E-state index contributed by atoms with van der Waals surface area (Å²) < 4.78 is 5.23. The van der Waals surface area contributed by atoms with Crippen LogP contribution in [0, 0.1) is 6.92 Å². The molecule has 0 saturated heterocycles. The zero-order valence-electron chi connectivity index (χ0n) is 11.8. The fourth-order valence-corrected chi connectivity index (χ4v) is 2.32. The molecule has 5 nitrogen and oxygen atoms in total. The predicted molar refractivity (Wildman–Crippen MR) is 80.1 cm³/mol. The van der Waals surface area contributed by atoms with Crippen molar-refractivity contribution in [3.63, 3.8) is 0 Å². The average molecular weight is 272 g/mol. The van der Waals surface area contributed by atoms with E-state index in [-0.39, 0.29) is 6.04 Å².